The SMILES string of the molecule is CC1C(C)C(C)C(S(C)(C)S(C)(C)C2CCC3CCCCC32)C1C. The summed E-state index contributed by atoms with van der Waals surface area (Å²) in [5, 5.41) is 2.08. The van der Waals surface area contributed by atoms with Gasteiger partial charge in [0.15, 0.2) is 0 Å². The molecular weight excluding hydrogens is 328 g/mol. The van der Waals surface area contributed by atoms with E-state index in [1.807, 2.05) is 0 Å². The van der Waals surface area contributed by atoms with E-state index in [-0.39, 0.29) is 0 Å². The zero-order valence-electron chi connectivity index (χ0n) is 17.7. The monoisotopic (exact) mass is 372 g/mol. The first-order valence-electron chi connectivity index (χ1n) is 10.5. The van der Waals surface area contributed by atoms with Gasteiger partial charge in [-0.25, -0.2) is 18.1 Å². The van der Waals surface area contributed by atoms with Crippen LogP contribution in [-0.4, -0.2) is 35.5 Å². The molecule has 0 aliphatic heterocycles. The largest absolute Gasteiger partial charge is 0.212 e. The Morgan fingerprint density at radius 2 is 1.12 bits per heavy atom. The standard InChI is InChI=1S/C22H44S2/c1-15-16(2)18(4)22(17(15)3)24(7,8)23(5,6)21-14-13-19-11-9-10-12-20(19)21/h15-22H,9-14H2,1-8H3. The number of hydrogen-bond donors (Lipinski definition) is 0. The third-order valence-corrected chi connectivity index (χ3v) is 23.8. The molecule has 3 saturated carbocycles. The quantitative estimate of drug-likeness (QED) is 0.471. The van der Waals surface area contributed by atoms with Crippen molar-refractivity contribution in [1.82, 2.24) is 0 Å². The molecule has 0 aromatic rings. The molecule has 2 heteroatoms. The highest BCUT2D eigenvalue weighted by Gasteiger charge is 2.53. The van der Waals surface area contributed by atoms with Crippen LogP contribution in [0.1, 0.15) is 66.2 Å². The molecule has 24 heavy (non-hydrogen) atoms. The summed E-state index contributed by atoms with van der Waals surface area (Å²) in [4.78, 5) is 0. The van der Waals surface area contributed by atoms with E-state index >= 15 is 0 Å². The van der Waals surface area contributed by atoms with Gasteiger partial charge in [-0.2, -0.15) is 0 Å². The van der Waals surface area contributed by atoms with Crippen molar-refractivity contribution in [3.05, 3.63) is 0 Å². The van der Waals surface area contributed by atoms with Crippen LogP contribution in [0.25, 0.3) is 0 Å². The lowest BCUT2D eigenvalue weighted by Crippen LogP contribution is -2.35. The fraction of sp³-hybridized carbons (Fsp3) is 1.00. The number of rotatable bonds is 3. The molecule has 0 N–H and O–H groups in total. The van der Waals surface area contributed by atoms with E-state index in [4.69, 9.17) is 0 Å². The summed E-state index contributed by atoms with van der Waals surface area (Å²) in [5.74, 6) is 5.88. The molecule has 7 atom stereocenters. The van der Waals surface area contributed by atoms with E-state index < -0.39 is 18.1 Å². The van der Waals surface area contributed by atoms with E-state index in [2.05, 4.69) is 52.7 Å². The second-order valence-corrected chi connectivity index (χ2v) is 21.9. The van der Waals surface area contributed by atoms with Gasteiger partial charge in [0, 0.05) is 5.25 Å². The fourth-order valence-electron chi connectivity index (χ4n) is 7.06. The second-order valence-electron chi connectivity index (χ2n) is 10.3. The first kappa shape index (κ1) is 19.5. The molecule has 0 heterocycles. The van der Waals surface area contributed by atoms with Crippen LogP contribution in [0.3, 0.4) is 0 Å². The lowest BCUT2D eigenvalue weighted by molar-refractivity contribution is 0.280. The van der Waals surface area contributed by atoms with E-state index in [1.54, 1.807) is 25.7 Å². The molecule has 144 valence electrons. The maximum Gasteiger partial charge on any atom is 0.00113 e. The van der Waals surface area contributed by atoms with Crippen LogP contribution in [0.15, 0.2) is 0 Å². The first-order valence-corrected chi connectivity index (χ1v) is 16.1. The summed E-state index contributed by atoms with van der Waals surface area (Å²) in [6.45, 7) is 10.3. The van der Waals surface area contributed by atoms with Crippen molar-refractivity contribution in [2.75, 3.05) is 25.0 Å². The van der Waals surface area contributed by atoms with Crippen molar-refractivity contribution < 1.29 is 0 Å². The minimum atomic E-state index is -0.553. The normalized spacial score (nSPS) is 48.3. The predicted octanol–water partition coefficient (Wildman–Crippen LogP) is 6.93. The summed E-state index contributed by atoms with van der Waals surface area (Å²) < 4.78 is 0. The van der Waals surface area contributed by atoms with Gasteiger partial charge in [-0.1, -0.05) is 47.0 Å². The van der Waals surface area contributed by atoms with Gasteiger partial charge in [-0.15, -0.1) is 0 Å². The van der Waals surface area contributed by atoms with Crippen molar-refractivity contribution in [2.45, 2.75) is 76.7 Å². The van der Waals surface area contributed by atoms with Crippen LogP contribution in [0.4, 0.5) is 0 Å². The maximum atomic E-state index is 2.77. The Morgan fingerprint density at radius 1 is 0.583 bits per heavy atom. The Hall–Kier alpha value is 0.700. The molecule has 0 nitrogen and oxygen atoms in total. The fourth-order valence-corrected chi connectivity index (χ4v) is 18.1. The van der Waals surface area contributed by atoms with Gasteiger partial charge in [-0.05, 0) is 85.0 Å². The highest BCUT2D eigenvalue weighted by atomic mass is 33.2. The van der Waals surface area contributed by atoms with Crippen molar-refractivity contribution in [2.24, 2.45) is 35.5 Å². The summed E-state index contributed by atoms with van der Waals surface area (Å²) in [5.41, 5.74) is 0. The first-order chi connectivity index (χ1) is 11.1. The predicted molar refractivity (Wildman–Crippen MR) is 118 cm³/mol. The highest BCUT2D eigenvalue weighted by molar-refractivity contribution is 9.08. The lowest BCUT2D eigenvalue weighted by Gasteiger charge is -2.62. The van der Waals surface area contributed by atoms with Crippen LogP contribution in [0, 0.1) is 35.5 Å². The topological polar surface area (TPSA) is 0 Å². The zero-order valence-corrected chi connectivity index (χ0v) is 19.3. The van der Waals surface area contributed by atoms with Crippen LogP contribution in [-0.2, 0) is 0 Å². The highest BCUT2D eigenvalue weighted by Crippen LogP contribution is 2.84. The Morgan fingerprint density at radius 3 is 1.71 bits per heavy atom. The molecule has 0 bridgehead atoms. The van der Waals surface area contributed by atoms with Gasteiger partial charge in [0.1, 0.15) is 0 Å². The molecule has 0 radical (unpaired) electrons. The zero-order chi connectivity index (χ0) is 17.9. The van der Waals surface area contributed by atoms with Gasteiger partial charge in [0.25, 0.3) is 0 Å². The third kappa shape index (κ3) is 2.81. The molecule has 3 aliphatic rings. The van der Waals surface area contributed by atoms with Crippen molar-refractivity contribution >= 4 is 18.1 Å². The lowest BCUT2D eigenvalue weighted by atomic mass is 9.82. The molecule has 0 aromatic heterocycles. The van der Waals surface area contributed by atoms with Crippen LogP contribution in [0.2, 0.25) is 0 Å². The Labute approximate surface area is 155 Å². The van der Waals surface area contributed by atoms with Crippen LogP contribution < -0.4 is 0 Å². The molecule has 0 saturated heterocycles. The molecule has 3 aliphatic carbocycles. The number of fused-ring (bicyclic) bond motifs is 1. The smallest absolute Gasteiger partial charge is 0.00113 e. The van der Waals surface area contributed by atoms with Crippen LogP contribution >= 0.6 is 18.1 Å². The van der Waals surface area contributed by atoms with Crippen molar-refractivity contribution in [1.29, 1.82) is 0 Å². The molecular formula is C22H44S2. The van der Waals surface area contributed by atoms with E-state index in [1.165, 1.54) is 12.8 Å². The molecule has 0 amide bonds. The third-order valence-electron chi connectivity index (χ3n) is 9.28. The maximum absolute atomic E-state index is 2.77. The van der Waals surface area contributed by atoms with Crippen LogP contribution in [0.5, 0.6) is 0 Å². The van der Waals surface area contributed by atoms with Gasteiger partial charge < -0.3 is 0 Å². The van der Waals surface area contributed by atoms with Gasteiger partial charge >= 0.3 is 0 Å². The minimum Gasteiger partial charge on any atom is -0.212 e. The molecule has 3 fully saturated rings. The van der Waals surface area contributed by atoms with Crippen molar-refractivity contribution in [3.8, 4) is 0 Å². The average molecular weight is 373 g/mol. The average Bonchev–Trinajstić information content (AvgIpc) is 3.04. The van der Waals surface area contributed by atoms with E-state index in [9.17, 15) is 0 Å². The minimum absolute atomic E-state index is 0.521. The van der Waals surface area contributed by atoms with Crippen molar-refractivity contribution in [3.63, 3.8) is 0 Å². The Balaban J connectivity index is 1.87. The summed E-state index contributed by atoms with van der Waals surface area (Å²) >= 11 is 0. The van der Waals surface area contributed by atoms with E-state index in [0.29, 0.717) is 0 Å². The molecule has 7 unspecified atom stereocenters. The van der Waals surface area contributed by atoms with Gasteiger partial charge in [0.05, 0.1) is 0 Å². The Kier molecular flexibility index (Phi) is 5.43. The molecule has 0 aromatic carbocycles. The molecule has 0 spiro atoms. The summed E-state index contributed by atoms with van der Waals surface area (Å²) in [6.07, 6.45) is 20.4. The Bertz CT molecular complexity index is 441. The van der Waals surface area contributed by atoms with E-state index in [0.717, 1.165) is 46.0 Å². The van der Waals surface area contributed by atoms with Gasteiger partial charge in [0.2, 0.25) is 0 Å². The van der Waals surface area contributed by atoms with Gasteiger partial charge in [-0.3, -0.25) is 0 Å². The second kappa shape index (κ2) is 6.70. The number of hydrogen-bond acceptors (Lipinski definition) is 0. The summed E-state index contributed by atoms with van der Waals surface area (Å²) in [6, 6.07) is 0. The summed E-state index contributed by atoms with van der Waals surface area (Å²) in [7, 11) is -1.07. The molecule has 3 rings (SSSR count).